The van der Waals surface area contributed by atoms with Gasteiger partial charge in [-0.05, 0) is 79.5 Å². The number of carbonyl (C=O) groups excluding carboxylic acids is 1. The normalized spacial score (nSPS) is 35.2. The molecule has 0 radical (unpaired) electrons. The van der Waals surface area contributed by atoms with E-state index in [-0.39, 0.29) is 10.3 Å². The molecule has 1 aromatic carbocycles. The molecule has 2 saturated carbocycles. The van der Waals surface area contributed by atoms with Crippen molar-refractivity contribution in [3.05, 3.63) is 29.3 Å². The molecule has 1 aromatic rings. The molecule has 0 heterocycles. The molecule has 4 atom stereocenters. The lowest BCUT2D eigenvalue weighted by molar-refractivity contribution is -0.131. The maximum absolute atomic E-state index is 12.6. The number of hydrogen-bond acceptors (Lipinski definition) is 3. The van der Waals surface area contributed by atoms with Crippen molar-refractivity contribution in [2.24, 2.45) is 22.4 Å². The summed E-state index contributed by atoms with van der Waals surface area (Å²) in [6, 6.07) is 5.39. The van der Waals surface area contributed by atoms with Crippen molar-refractivity contribution >= 4 is 15.8 Å². The van der Waals surface area contributed by atoms with Gasteiger partial charge in [0.25, 0.3) is 0 Å². The number of fused-ring (bicyclic) bond motifs is 5. The zero-order chi connectivity index (χ0) is 17.1. The van der Waals surface area contributed by atoms with E-state index >= 15 is 0 Å². The quantitative estimate of drug-likeness (QED) is 0.893. The lowest BCUT2D eigenvalue weighted by Crippen LogP contribution is -2.44. The first-order valence-electron chi connectivity index (χ1n) is 9.06. The molecular formula is C19H25NO3S. The fourth-order valence-corrected chi connectivity index (χ4v) is 6.52. The van der Waals surface area contributed by atoms with Crippen LogP contribution in [0.4, 0.5) is 0 Å². The minimum Gasteiger partial charge on any atom is -0.299 e. The van der Waals surface area contributed by atoms with Crippen LogP contribution in [0.3, 0.4) is 0 Å². The molecule has 4 rings (SSSR count). The Morgan fingerprint density at radius 2 is 2.00 bits per heavy atom. The van der Waals surface area contributed by atoms with Crippen LogP contribution < -0.4 is 5.14 Å². The Bertz CT molecular complexity index is 801. The molecule has 5 heteroatoms. The van der Waals surface area contributed by atoms with Crippen LogP contribution in [0, 0.1) is 17.3 Å². The topological polar surface area (TPSA) is 77.2 Å². The molecule has 24 heavy (non-hydrogen) atoms. The van der Waals surface area contributed by atoms with Crippen molar-refractivity contribution < 1.29 is 13.2 Å². The highest BCUT2D eigenvalue weighted by Gasteiger charge is 2.56. The molecule has 0 unspecified atom stereocenters. The molecule has 0 spiro atoms. The molecular weight excluding hydrogens is 322 g/mol. The molecule has 2 fully saturated rings. The van der Waals surface area contributed by atoms with E-state index in [4.69, 9.17) is 5.14 Å². The first-order chi connectivity index (χ1) is 11.4. The first kappa shape index (κ1) is 16.3. The van der Waals surface area contributed by atoms with Gasteiger partial charge in [0.1, 0.15) is 5.78 Å². The van der Waals surface area contributed by atoms with Crippen molar-refractivity contribution in [2.45, 2.75) is 62.7 Å². The van der Waals surface area contributed by atoms with Crippen LogP contribution in [0.15, 0.2) is 23.1 Å². The summed E-state index contributed by atoms with van der Waals surface area (Å²) in [5.74, 6) is 2.04. The van der Waals surface area contributed by atoms with Crippen LogP contribution in [0.2, 0.25) is 0 Å². The van der Waals surface area contributed by atoms with E-state index in [0.29, 0.717) is 23.5 Å². The number of nitrogens with two attached hydrogens (primary N) is 1. The molecule has 0 amide bonds. The lowest BCUT2D eigenvalue weighted by atomic mass is 9.54. The number of sulfonamides is 1. The summed E-state index contributed by atoms with van der Waals surface area (Å²) in [6.45, 7) is 2.17. The smallest absolute Gasteiger partial charge is 0.238 e. The maximum atomic E-state index is 12.6. The van der Waals surface area contributed by atoms with Gasteiger partial charge in [-0.1, -0.05) is 13.0 Å². The molecule has 3 aliphatic carbocycles. The Balaban J connectivity index is 1.71. The van der Waals surface area contributed by atoms with Gasteiger partial charge in [0, 0.05) is 11.8 Å². The molecule has 0 aliphatic heterocycles. The van der Waals surface area contributed by atoms with E-state index in [9.17, 15) is 13.2 Å². The fraction of sp³-hybridized carbons (Fsp3) is 0.632. The van der Waals surface area contributed by atoms with E-state index < -0.39 is 10.0 Å². The Kier molecular flexibility index (Phi) is 3.66. The van der Waals surface area contributed by atoms with E-state index in [1.807, 2.05) is 6.07 Å². The van der Waals surface area contributed by atoms with Crippen LogP contribution in [0.25, 0.3) is 0 Å². The first-order valence-corrected chi connectivity index (χ1v) is 10.6. The number of primary sulfonamides is 1. The highest BCUT2D eigenvalue weighted by Crippen LogP contribution is 2.60. The van der Waals surface area contributed by atoms with Crippen molar-refractivity contribution in [1.82, 2.24) is 0 Å². The summed E-state index contributed by atoms with van der Waals surface area (Å²) in [6.07, 6.45) is 6.75. The third-order valence-corrected chi connectivity index (χ3v) is 8.01. The molecule has 130 valence electrons. The van der Waals surface area contributed by atoms with Crippen LogP contribution in [0.5, 0.6) is 0 Å². The van der Waals surface area contributed by atoms with E-state index in [1.165, 1.54) is 5.56 Å². The van der Waals surface area contributed by atoms with Crippen molar-refractivity contribution in [1.29, 1.82) is 0 Å². The number of rotatable bonds is 2. The summed E-state index contributed by atoms with van der Waals surface area (Å²) in [5, 5.41) is 5.28. The summed E-state index contributed by atoms with van der Waals surface area (Å²) < 4.78 is 23.2. The van der Waals surface area contributed by atoms with Gasteiger partial charge in [0.2, 0.25) is 10.0 Å². The summed E-state index contributed by atoms with van der Waals surface area (Å²) in [5.41, 5.74) is 2.36. The zero-order valence-electron chi connectivity index (χ0n) is 14.1. The van der Waals surface area contributed by atoms with Gasteiger partial charge in [-0.15, -0.1) is 0 Å². The molecule has 0 aromatic heterocycles. The monoisotopic (exact) mass is 347 g/mol. The van der Waals surface area contributed by atoms with Crippen LogP contribution >= 0.6 is 0 Å². The Morgan fingerprint density at radius 1 is 1.21 bits per heavy atom. The third-order valence-electron chi connectivity index (χ3n) is 7.10. The minimum absolute atomic E-state index is 0.0702. The lowest BCUT2D eigenvalue weighted by Gasteiger charge is -2.49. The second-order valence-electron chi connectivity index (χ2n) is 7.83. The van der Waals surface area contributed by atoms with Gasteiger partial charge in [-0.2, -0.15) is 0 Å². The van der Waals surface area contributed by atoms with Gasteiger partial charge in [0.05, 0.1) is 4.90 Å². The number of carbonyl (C=O) groups is 1. The van der Waals surface area contributed by atoms with Crippen LogP contribution in [-0.4, -0.2) is 14.2 Å². The van der Waals surface area contributed by atoms with Crippen LogP contribution in [0.1, 0.15) is 62.5 Å². The number of Topliss-reactive ketones (excluding diaryl/α,β-unsaturated/α-hetero) is 1. The predicted octanol–water partition coefficient (Wildman–Crippen LogP) is 3.15. The average molecular weight is 347 g/mol. The van der Waals surface area contributed by atoms with Crippen molar-refractivity contribution in [3.63, 3.8) is 0 Å². The highest BCUT2D eigenvalue weighted by atomic mass is 32.2. The SMILES string of the molecule is CC[C@]12CC[C@@H]3c4ccc(S(N)(=O)=O)cc4CC[C@H]3[C@@H]1CCC2=O. The average Bonchev–Trinajstić information content (AvgIpc) is 2.90. The fourth-order valence-electron chi connectivity index (χ4n) is 5.96. The van der Waals surface area contributed by atoms with Crippen molar-refractivity contribution in [3.8, 4) is 0 Å². The summed E-state index contributed by atoms with van der Waals surface area (Å²) >= 11 is 0. The second-order valence-corrected chi connectivity index (χ2v) is 9.39. The molecule has 0 bridgehead atoms. The van der Waals surface area contributed by atoms with E-state index in [0.717, 1.165) is 50.5 Å². The number of benzene rings is 1. The number of ketones is 1. The third kappa shape index (κ3) is 2.21. The van der Waals surface area contributed by atoms with Gasteiger partial charge >= 0.3 is 0 Å². The van der Waals surface area contributed by atoms with E-state index in [1.54, 1.807) is 12.1 Å². The van der Waals surface area contributed by atoms with Gasteiger partial charge in [-0.25, -0.2) is 13.6 Å². The standard InChI is InChI=1S/C19H25NO3S/c1-2-19-10-9-15-14-6-4-13(24(20,22)23)11-12(14)3-5-16(15)17(19)7-8-18(19)21/h4,6,11,15-17H,2-3,5,7-10H2,1H3,(H2,20,22,23)/t15-,16-,17+,19+/m1/s1. The summed E-state index contributed by atoms with van der Waals surface area (Å²) in [7, 11) is -3.65. The van der Waals surface area contributed by atoms with E-state index in [2.05, 4.69) is 6.92 Å². The van der Waals surface area contributed by atoms with Gasteiger partial charge < -0.3 is 0 Å². The molecule has 4 nitrogen and oxygen atoms in total. The highest BCUT2D eigenvalue weighted by molar-refractivity contribution is 7.89. The number of hydrogen-bond donors (Lipinski definition) is 1. The van der Waals surface area contributed by atoms with Gasteiger partial charge in [-0.3, -0.25) is 4.79 Å². The Labute approximate surface area is 143 Å². The molecule has 3 aliphatic rings. The largest absolute Gasteiger partial charge is 0.299 e. The van der Waals surface area contributed by atoms with Crippen molar-refractivity contribution in [2.75, 3.05) is 0 Å². The zero-order valence-corrected chi connectivity index (χ0v) is 14.9. The predicted molar refractivity (Wildman–Crippen MR) is 92.1 cm³/mol. The Hall–Kier alpha value is -1.20. The summed E-state index contributed by atoms with van der Waals surface area (Å²) in [4.78, 5) is 12.8. The maximum Gasteiger partial charge on any atom is 0.238 e. The second kappa shape index (κ2) is 5.40. The Morgan fingerprint density at radius 3 is 2.71 bits per heavy atom. The van der Waals surface area contributed by atoms with Gasteiger partial charge in [0.15, 0.2) is 0 Å². The minimum atomic E-state index is -3.65. The number of aryl methyl sites for hydroxylation is 1. The molecule has 2 N–H and O–H groups in total. The van der Waals surface area contributed by atoms with Crippen LogP contribution in [-0.2, 0) is 21.2 Å². The molecule has 0 saturated heterocycles.